The van der Waals surface area contributed by atoms with E-state index in [1.54, 1.807) is 4.90 Å². The quantitative estimate of drug-likeness (QED) is 0.758. The van der Waals surface area contributed by atoms with Crippen molar-refractivity contribution in [3.63, 3.8) is 0 Å². The molecule has 6 heteroatoms. The summed E-state index contributed by atoms with van der Waals surface area (Å²) in [5, 5.41) is 2.72. The fourth-order valence-corrected chi connectivity index (χ4v) is 2.13. The number of carbonyl (C=O) groups is 2. The van der Waals surface area contributed by atoms with E-state index in [4.69, 9.17) is 4.74 Å². The van der Waals surface area contributed by atoms with Crippen LogP contribution < -0.4 is 5.32 Å². The van der Waals surface area contributed by atoms with Gasteiger partial charge in [-0.1, -0.05) is 0 Å². The number of nitrogens with zero attached hydrogens (tertiary/aromatic N) is 2. The summed E-state index contributed by atoms with van der Waals surface area (Å²) in [5.74, 6) is -0.0369. The van der Waals surface area contributed by atoms with E-state index < -0.39 is 12.3 Å². The van der Waals surface area contributed by atoms with E-state index in [1.165, 1.54) is 6.92 Å². The van der Waals surface area contributed by atoms with Crippen molar-refractivity contribution in [2.75, 3.05) is 33.7 Å². The van der Waals surface area contributed by atoms with Crippen molar-refractivity contribution in [2.24, 2.45) is 0 Å². The van der Waals surface area contributed by atoms with Crippen LogP contribution in [0.5, 0.6) is 0 Å². The van der Waals surface area contributed by atoms with Crippen LogP contribution in [-0.4, -0.2) is 61.8 Å². The number of alkyl carbamates (subject to hydrolysis) is 1. The van der Waals surface area contributed by atoms with Crippen molar-refractivity contribution in [1.29, 1.82) is 0 Å². The van der Waals surface area contributed by atoms with Gasteiger partial charge in [0.15, 0.2) is 6.23 Å². The number of ether oxygens (including phenoxy) is 1. The third-order valence-corrected chi connectivity index (χ3v) is 3.15. The van der Waals surface area contributed by atoms with Crippen molar-refractivity contribution >= 4 is 12.0 Å². The standard InChI is InChI=1S/C13H25N3O3/c1-11(17)16-10-5-4-7-12(16)19-13(18)14-8-6-9-15(2)3/h12H,4-10H2,1-3H3,(H,14,18). The number of piperidine rings is 1. The minimum atomic E-state index is -0.433. The number of carbonyl (C=O) groups excluding carboxylic acids is 2. The van der Waals surface area contributed by atoms with Gasteiger partial charge >= 0.3 is 6.09 Å². The van der Waals surface area contributed by atoms with E-state index in [0.29, 0.717) is 13.1 Å². The van der Waals surface area contributed by atoms with Crippen LogP contribution in [0.3, 0.4) is 0 Å². The van der Waals surface area contributed by atoms with E-state index in [2.05, 4.69) is 10.2 Å². The molecule has 0 spiro atoms. The SMILES string of the molecule is CC(=O)N1CCCCC1OC(=O)NCCCN(C)C. The Morgan fingerprint density at radius 2 is 2.11 bits per heavy atom. The largest absolute Gasteiger partial charge is 0.425 e. The van der Waals surface area contributed by atoms with Gasteiger partial charge in [0.2, 0.25) is 5.91 Å². The normalized spacial score (nSPS) is 19.4. The first-order chi connectivity index (χ1) is 9.00. The zero-order chi connectivity index (χ0) is 14.3. The Morgan fingerprint density at radius 3 is 2.74 bits per heavy atom. The molecule has 0 radical (unpaired) electrons. The van der Waals surface area contributed by atoms with Crippen molar-refractivity contribution in [2.45, 2.75) is 38.8 Å². The maximum Gasteiger partial charge on any atom is 0.409 e. The van der Waals surface area contributed by atoms with Gasteiger partial charge in [-0.25, -0.2) is 4.79 Å². The van der Waals surface area contributed by atoms with E-state index in [1.807, 2.05) is 14.1 Å². The van der Waals surface area contributed by atoms with Crippen LogP contribution >= 0.6 is 0 Å². The van der Waals surface area contributed by atoms with E-state index in [-0.39, 0.29) is 5.91 Å². The molecule has 1 aliphatic heterocycles. The van der Waals surface area contributed by atoms with E-state index in [0.717, 1.165) is 32.2 Å². The Balaban J connectivity index is 2.27. The van der Waals surface area contributed by atoms with Gasteiger partial charge in [0.1, 0.15) is 0 Å². The summed E-state index contributed by atoms with van der Waals surface area (Å²) in [6.07, 6.45) is 2.73. The van der Waals surface area contributed by atoms with Crippen LogP contribution in [0.1, 0.15) is 32.6 Å². The van der Waals surface area contributed by atoms with Gasteiger partial charge < -0.3 is 19.9 Å². The first kappa shape index (κ1) is 15.8. The van der Waals surface area contributed by atoms with Crippen molar-refractivity contribution in [1.82, 2.24) is 15.1 Å². The molecule has 0 aromatic heterocycles. The molecule has 110 valence electrons. The Bertz CT molecular complexity index is 308. The molecule has 0 bridgehead atoms. The van der Waals surface area contributed by atoms with Crippen LogP contribution in [0.4, 0.5) is 4.79 Å². The predicted molar refractivity (Wildman–Crippen MR) is 72.7 cm³/mol. The summed E-state index contributed by atoms with van der Waals surface area (Å²) in [5.41, 5.74) is 0. The Hall–Kier alpha value is -1.30. The Labute approximate surface area is 115 Å². The number of rotatable bonds is 5. The molecule has 1 N–H and O–H groups in total. The summed E-state index contributed by atoms with van der Waals surface area (Å²) >= 11 is 0. The number of hydrogen-bond acceptors (Lipinski definition) is 4. The number of likely N-dealkylation sites (tertiary alicyclic amines) is 1. The Kier molecular flexibility index (Phi) is 6.62. The Morgan fingerprint density at radius 1 is 1.37 bits per heavy atom. The van der Waals surface area contributed by atoms with Gasteiger partial charge in [0, 0.05) is 26.4 Å². The second-order valence-corrected chi connectivity index (χ2v) is 5.15. The minimum absolute atomic E-state index is 0.0369. The molecular formula is C13H25N3O3. The van der Waals surface area contributed by atoms with Crippen molar-refractivity contribution in [3.8, 4) is 0 Å². The van der Waals surface area contributed by atoms with Crippen molar-refractivity contribution < 1.29 is 14.3 Å². The maximum absolute atomic E-state index is 11.6. The molecule has 19 heavy (non-hydrogen) atoms. The van der Waals surface area contributed by atoms with E-state index >= 15 is 0 Å². The van der Waals surface area contributed by atoms with E-state index in [9.17, 15) is 9.59 Å². The topological polar surface area (TPSA) is 61.9 Å². The first-order valence-corrected chi connectivity index (χ1v) is 6.87. The maximum atomic E-state index is 11.6. The molecule has 6 nitrogen and oxygen atoms in total. The molecular weight excluding hydrogens is 246 g/mol. The highest BCUT2D eigenvalue weighted by Crippen LogP contribution is 2.18. The molecule has 1 atom stereocenters. The summed E-state index contributed by atoms with van der Waals surface area (Å²) in [7, 11) is 3.98. The van der Waals surface area contributed by atoms with Crippen LogP contribution in [0, 0.1) is 0 Å². The summed E-state index contributed by atoms with van der Waals surface area (Å²) in [6.45, 7) is 3.69. The molecule has 0 aliphatic carbocycles. The zero-order valence-corrected chi connectivity index (χ0v) is 12.1. The molecule has 1 fully saturated rings. The van der Waals surface area contributed by atoms with Gasteiger partial charge in [0.25, 0.3) is 0 Å². The average Bonchev–Trinajstić information content (AvgIpc) is 2.35. The molecule has 2 amide bonds. The molecule has 0 aromatic rings. The lowest BCUT2D eigenvalue weighted by Gasteiger charge is -2.34. The second kappa shape index (κ2) is 7.99. The zero-order valence-electron chi connectivity index (χ0n) is 12.1. The lowest BCUT2D eigenvalue weighted by molar-refractivity contribution is -0.141. The van der Waals surface area contributed by atoms with Gasteiger partial charge in [-0.2, -0.15) is 0 Å². The van der Waals surface area contributed by atoms with Crippen LogP contribution in [0.2, 0.25) is 0 Å². The molecule has 0 aromatic carbocycles. The fourth-order valence-electron chi connectivity index (χ4n) is 2.13. The summed E-state index contributed by atoms with van der Waals surface area (Å²) in [6, 6.07) is 0. The average molecular weight is 271 g/mol. The third kappa shape index (κ3) is 5.92. The number of nitrogens with one attached hydrogen (secondary N) is 1. The lowest BCUT2D eigenvalue weighted by Crippen LogP contribution is -2.46. The van der Waals surface area contributed by atoms with Crippen LogP contribution in [0.25, 0.3) is 0 Å². The summed E-state index contributed by atoms with van der Waals surface area (Å²) in [4.78, 5) is 26.8. The fraction of sp³-hybridized carbons (Fsp3) is 0.846. The van der Waals surface area contributed by atoms with Gasteiger partial charge in [0.05, 0.1) is 0 Å². The monoisotopic (exact) mass is 271 g/mol. The molecule has 1 heterocycles. The lowest BCUT2D eigenvalue weighted by atomic mass is 10.1. The van der Waals surface area contributed by atoms with Gasteiger partial charge in [-0.15, -0.1) is 0 Å². The van der Waals surface area contributed by atoms with Gasteiger partial charge in [-0.3, -0.25) is 4.79 Å². The summed E-state index contributed by atoms with van der Waals surface area (Å²) < 4.78 is 5.31. The highest BCUT2D eigenvalue weighted by molar-refractivity contribution is 5.74. The number of hydrogen-bond donors (Lipinski definition) is 1. The molecule has 1 saturated heterocycles. The van der Waals surface area contributed by atoms with Gasteiger partial charge in [-0.05, 0) is 39.9 Å². The first-order valence-electron chi connectivity index (χ1n) is 6.87. The smallest absolute Gasteiger partial charge is 0.409 e. The second-order valence-electron chi connectivity index (χ2n) is 5.15. The highest BCUT2D eigenvalue weighted by Gasteiger charge is 2.27. The molecule has 1 aliphatic rings. The molecule has 1 unspecified atom stereocenters. The van der Waals surface area contributed by atoms with Crippen LogP contribution in [-0.2, 0) is 9.53 Å². The molecule has 0 saturated carbocycles. The highest BCUT2D eigenvalue weighted by atomic mass is 16.6. The third-order valence-electron chi connectivity index (χ3n) is 3.15. The van der Waals surface area contributed by atoms with Crippen molar-refractivity contribution in [3.05, 3.63) is 0 Å². The number of amides is 2. The predicted octanol–water partition coefficient (Wildman–Crippen LogP) is 1.02. The minimum Gasteiger partial charge on any atom is -0.425 e. The van der Waals surface area contributed by atoms with Crippen LogP contribution in [0.15, 0.2) is 0 Å². The molecule has 1 rings (SSSR count).